The molecule has 3 aromatic rings. The van der Waals surface area contributed by atoms with Crippen molar-refractivity contribution < 1.29 is 5.11 Å². The first-order chi connectivity index (χ1) is 8.33. The molecule has 2 N–H and O–H groups in total. The molecule has 0 amide bonds. The number of benzene rings is 1. The molecular formula is C12H10N4O. The van der Waals surface area contributed by atoms with Gasteiger partial charge >= 0.3 is 0 Å². The van der Waals surface area contributed by atoms with Gasteiger partial charge in [0.2, 0.25) is 0 Å². The summed E-state index contributed by atoms with van der Waals surface area (Å²) in [5.74, 6) is 0.922. The van der Waals surface area contributed by atoms with E-state index in [1.165, 1.54) is 6.33 Å². The Balaban J connectivity index is 2.02. The lowest BCUT2D eigenvalue weighted by Gasteiger charge is -2.06. The molecule has 0 saturated carbocycles. The molecule has 0 aliphatic rings. The maximum absolute atomic E-state index is 9.39. The largest absolute Gasteiger partial charge is 0.508 e. The fourth-order valence-electron chi connectivity index (χ4n) is 1.68. The molecule has 0 fully saturated rings. The molecule has 2 heterocycles. The van der Waals surface area contributed by atoms with E-state index in [0.29, 0.717) is 5.82 Å². The first-order valence-corrected chi connectivity index (χ1v) is 5.17. The van der Waals surface area contributed by atoms with Gasteiger partial charge in [-0.1, -0.05) is 6.07 Å². The van der Waals surface area contributed by atoms with Gasteiger partial charge < -0.3 is 10.4 Å². The van der Waals surface area contributed by atoms with E-state index in [0.717, 1.165) is 11.2 Å². The highest BCUT2D eigenvalue weighted by Crippen LogP contribution is 2.21. The van der Waals surface area contributed by atoms with Crippen LogP contribution >= 0.6 is 0 Å². The predicted molar refractivity (Wildman–Crippen MR) is 64.4 cm³/mol. The number of aromatic hydroxyl groups is 1. The van der Waals surface area contributed by atoms with Crippen molar-refractivity contribution in [3.05, 3.63) is 48.9 Å². The van der Waals surface area contributed by atoms with Gasteiger partial charge in [-0.25, -0.2) is 9.50 Å². The van der Waals surface area contributed by atoms with E-state index in [2.05, 4.69) is 15.4 Å². The molecule has 0 unspecified atom stereocenters. The van der Waals surface area contributed by atoms with E-state index in [1.54, 1.807) is 22.7 Å². The zero-order valence-electron chi connectivity index (χ0n) is 8.91. The second kappa shape index (κ2) is 3.79. The molecule has 17 heavy (non-hydrogen) atoms. The van der Waals surface area contributed by atoms with Gasteiger partial charge in [-0.05, 0) is 24.3 Å². The SMILES string of the molecule is Oc1cccc(Nc2ncnn3cccc23)c1. The summed E-state index contributed by atoms with van der Waals surface area (Å²) in [6, 6.07) is 10.7. The third kappa shape index (κ3) is 1.78. The number of nitrogens with one attached hydrogen (secondary N) is 1. The second-order valence-electron chi connectivity index (χ2n) is 3.62. The molecule has 3 rings (SSSR count). The topological polar surface area (TPSA) is 62.5 Å². The summed E-state index contributed by atoms with van der Waals surface area (Å²) < 4.78 is 1.73. The minimum Gasteiger partial charge on any atom is -0.508 e. The maximum Gasteiger partial charge on any atom is 0.158 e. The Bertz CT molecular complexity index is 662. The van der Waals surface area contributed by atoms with Crippen molar-refractivity contribution in [1.29, 1.82) is 0 Å². The van der Waals surface area contributed by atoms with Gasteiger partial charge in [0.25, 0.3) is 0 Å². The van der Waals surface area contributed by atoms with Crippen LogP contribution in [0.25, 0.3) is 5.52 Å². The van der Waals surface area contributed by atoms with Gasteiger partial charge in [-0.2, -0.15) is 5.10 Å². The van der Waals surface area contributed by atoms with Gasteiger partial charge in [-0.3, -0.25) is 0 Å². The number of rotatable bonds is 2. The Hall–Kier alpha value is -2.56. The molecule has 0 saturated heterocycles. The molecule has 0 atom stereocenters. The van der Waals surface area contributed by atoms with Gasteiger partial charge in [-0.15, -0.1) is 0 Å². The minimum absolute atomic E-state index is 0.218. The first-order valence-electron chi connectivity index (χ1n) is 5.17. The summed E-state index contributed by atoms with van der Waals surface area (Å²) in [5.41, 5.74) is 1.67. The molecule has 2 aromatic heterocycles. The van der Waals surface area contributed by atoms with Crippen LogP contribution in [0.1, 0.15) is 0 Å². The zero-order chi connectivity index (χ0) is 11.7. The van der Waals surface area contributed by atoms with Gasteiger partial charge in [0.1, 0.15) is 17.6 Å². The Labute approximate surface area is 97.4 Å². The van der Waals surface area contributed by atoms with E-state index in [4.69, 9.17) is 0 Å². The van der Waals surface area contributed by atoms with Crippen LogP contribution in [-0.4, -0.2) is 19.7 Å². The Kier molecular flexibility index (Phi) is 2.15. The molecule has 0 spiro atoms. The van der Waals surface area contributed by atoms with Crippen LogP contribution in [0, 0.1) is 0 Å². The van der Waals surface area contributed by atoms with Crippen molar-refractivity contribution in [2.24, 2.45) is 0 Å². The maximum atomic E-state index is 9.39. The van der Waals surface area contributed by atoms with E-state index in [-0.39, 0.29) is 5.75 Å². The number of hydrogen-bond donors (Lipinski definition) is 2. The van der Waals surface area contributed by atoms with Crippen LogP contribution in [-0.2, 0) is 0 Å². The van der Waals surface area contributed by atoms with Crippen LogP contribution in [0.5, 0.6) is 5.75 Å². The molecule has 1 aromatic carbocycles. The first kappa shape index (κ1) is 9.65. The van der Waals surface area contributed by atoms with E-state index in [9.17, 15) is 5.11 Å². The smallest absolute Gasteiger partial charge is 0.158 e. The standard InChI is InChI=1S/C12H10N4O/c17-10-4-1-3-9(7-10)15-12-11-5-2-6-16(11)14-8-13-12/h1-8,17H,(H,13,14,15). The molecule has 0 bridgehead atoms. The average molecular weight is 226 g/mol. The van der Waals surface area contributed by atoms with E-state index >= 15 is 0 Å². The Morgan fingerprint density at radius 3 is 3.00 bits per heavy atom. The van der Waals surface area contributed by atoms with Gasteiger partial charge in [0, 0.05) is 18.0 Å². The quantitative estimate of drug-likeness (QED) is 0.703. The molecule has 5 nitrogen and oxygen atoms in total. The van der Waals surface area contributed by atoms with Crippen LogP contribution in [0.3, 0.4) is 0 Å². The molecule has 0 aliphatic carbocycles. The summed E-state index contributed by atoms with van der Waals surface area (Å²) in [4.78, 5) is 4.18. The summed E-state index contributed by atoms with van der Waals surface area (Å²) in [6.45, 7) is 0. The van der Waals surface area contributed by atoms with Crippen LogP contribution in [0.15, 0.2) is 48.9 Å². The van der Waals surface area contributed by atoms with Crippen LogP contribution in [0.4, 0.5) is 11.5 Å². The van der Waals surface area contributed by atoms with Crippen molar-refractivity contribution in [3.8, 4) is 5.75 Å². The summed E-state index contributed by atoms with van der Waals surface area (Å²) in [7, 11) is 0. The summed E-state index contributed by atoms with van der Waals surface area (Å²) in [5, 5.41) is 16.6. The third-order valence-corrected chi connectivity index (χ3v) is 2.44. The van der Waals surface area contributed by atoms with Crippen molar-refractivity contribution >= 4 is 17.0 Å². The van der Waals surface area contributed by atoms with Gasteiger partial charge in [0.05, 0.1) is 0 Å². The normalized spacial score (nSPS) is 10.6. The van der Waals surface area contributed by atoms with Gasteiger partial charge in [0.15, 0.2) is 5.82 Å². The molecule has 5 heteroatoms. The number of phenols is 1. The molecular weight excluding hydrogens is 216 g/mol. The average Bonchev–Trinajstić information content (AvgIpc) is 2.78. The molecule has 84 valence electrons. The number of hydrogen-bond acceptors (Lipinski definition) is 4. The zero-order valence-corrected chi connectivity index (χ0v) is 8.91. The summed E-state index contributed by atoms with van der Waals surface area (Å²) >= 11 is 0. The van der Waals surface area contributed by atoms with E-state index in [1.807, 2.05) is 24.4 Å². The monoisotopic (exact) mass is 226 g/mol. The highest BCUT2D eigenvalue weighted by molar-refractivity contribution is 5.73. The number of aromatic nitrogens is 3. The fourth-order valence-corrected chi connectivity index (χ4v) is 1.68. The third-order valence-electron chi connectivity index (χ3n) is 2.44. The van der Waals surface area contributed by atoms with Crippen molar-refractivity contribution in [2.75, 3.05) is 5.32 Å². The lowest BCUT2D eigenvalue weighted by molar-refractivity contribution is 0.475. The fraction of sp³-hybridized carbons (Fsp3) is 0. The van der Waals surface area contributed by atoms with E-state index < -0.39 is 0 Å². The molecule has 0 radical (unpaired) electrons. The highest BCUT2D eigenvalue weighted by Gasteiger charge is 2.03. The predicted octanol–water partition coefficient (Wildman–Crippen LogP) is 2.18. The number of anilines is 2. The number of phenolic OH excluding ortho intramolecular Hbond substituents is 1. The summed E-state index contributed by atoms with van der Waals surface area (Å²) in [6.07, 6.45) is 3.34. The van der Waals surface area contributed by atoms with Crippen molar-refractivity contribution in [3.63, 3.8) is 0 Å². The molecule has 0 aliphatic heterocycles. The van der Waals surface area contributed by atoms with Crippen molar-refractivity contribution in [2.45, 2.75) is 0 Å². The lowest BCUT2D eigenvalue weighted by atomic mass is 10.3. The van der Waals surface area contributed by atoms with Crippen LogP contribution < -0.4 is 5.32 Å². The Morgan fingerprint density at radius 1 is 1.18 bits per heavy atom. The number of fused-ring (bicyclic) bond motifs is 1. The second-order valence-corrected chi connectivity index (χ2v) is 3.62. The Morgan fingerprint density at radius 2 is 2.12 bits per heavy atom. The number of nitrogens with zero attached hydrogens (tertiary/aromatic N) is 3. The van der Waals surface area contributed by atoms with Crippen LogP contribution in [0.2, 0.25) is 0 Å². The highest BCUT2D eigenvalue weighted by atomic mass is 16.3. The minimum atomic E-state index is 0.218. The van der Waals surface area contributed by atoms with Crippen molar-refractivity contribution in [1.82, 2.24) is 14.6 Å². The lowest BCUT2D eigenvalue weighted by Crippen LogP contribution is -1.98.